The van der Waals surface area contributed by atoms with Crippen molar-refractivity contribution in [1.82, 2.24) is 0 Å². The summed E-state index contributed by atoms with van der Waals surface area (Å²) in [7, 11) is 1.56. The number of Topliss-reactive ketones (excluding diaryl/α,β-unsaturated/α-hetero) is 1. The smallest absolute Gasteiger partial charge is 0.202 e. The van der Waals surface area contributed by atoms with E-state index in [0.29, 0.717) is 17.2 Å². The van der Waals surface area contributed by atoms with Gasteiger partial charge in [0.2, 0.25) is 5.78 Å². The minimum atomic E-state index is -0.00898. The van der Waals surface area contributed by atoms with Gasteiger partial charge in [-0.25, -0.2) is 0 Å². The molecule has 0 N–H and O–H groups in total. The monoisotopic (exact) mass is 214 g/mol. The van der Waals surface area contributed by atoms with Crippen molar-refractivity contribution in [2.75, 3.05) is 20.3 Å². The molecule has 0 unspecified atom stereocenters. The van der Waals surface area contributed by atoms with E-state index in [4.69, 9.17) is 9.47 Å². The third kappa shape index (κ3) is 2.82. The topological polar surface area (TPSA) is 35.5 Å². The Morgan fingerprint density at radius 2 is 2.36 bits per heavy atom. The Hall–Kier alpha value is -0.870. The number of carbonyl (C=O) groups excluding carboxylic acids is 1. The van der Waals surface area contributed by atoms with Gasteiger partial charge in [-0.3, -0.25) is 4.79 Å². The van der Waals surface area contributed by atoms with Gasteiger partial charge in [-0.2, -0.15) is 0 Å². The highest BCUT2D eigenvalue weighted by molar-refractivity contribution is 7.12. The molecule has 0 fully saturated rings. The Labute approximate surface area is 87.7 Å². The zero-order valence-corrected chi connectivity index (χ0v) is 9.23. The molecule has 0 aliphatic heterocycles. The molecule has 0 aromatic carbocycles. The van der Waals surface area contributed by atoms with Crippen LogP contribution in [0.5, 0.6) is 5.75 Å². The van der Waals surface area contributed by atoms with Crippen LogP contribution in [0, 0.1) is 0 Å². The first-order valence-electron chi connectivity index (χ1n) is 4.52. The molecular weight excluding hydrogens is 200 g/mol. The second-order valence-corrected chi connectivity index (χ2v) is 3.71. The number of thiophene rings is 1. The molecule has 78 valence electrons. The lowest BCUT2D eigenvalue weighted by atomic mass is 10.3. The average molecular weight is 214 g/mol. The number of methoxy groups -OCH3 is 1. The fraction of sp³-hybridized carbons (Fsp3) is 0.500. The normalized spacial score (nSPS) is 10.1. The van der Waals surface area contributed by atoms with Crippen molar-refractivity contribution >= 4 is 17.1 Å². The Kier molecular flexibility index (Phi) is 4.62. The number of ketones is 1. The van der Waals surface area contributed by atoms with Gasteiger partial charge in [0.1, 0.15) is 17.2 Å². The molecule has 0 aliphatic rings. The van der Waals surface area contributed by atoms with E-state index >= 15 is 0 Å². The largest absolute Gasteiger partial charge is 0.495 e. The lowest BCUT2D eigenvalue weighted by Gasteiger charge is -2.02. The standard InChI is InChI=1S/C10H14O3S/c1-3-5-13-7-8(11)10-9(12-2)4-6-14-10/h4,6H,3,5,7H2,1-2H3. The van der Waals surface area contributed by atoms with Crippen LogP contribution in [0.3, 0.4) is 0 Å². The van der Waals surface area contributed by atoms with E-state index in [1.165, 1.54) is 11.3 Å². The Balaban J connectivity index is 2.51. The van der Waals surface area contributed by atoms with Crippen molar-refractivity contribution in [2.45, 2.75) is 13.3 Å². The number of carbonyl (C=O) groups is 1. The summed E-state index contributed by atoms with van der Waals surface area (Å²) in [5.74, 6) is 0.630. The molecule has 3 nitrogen and oxygen atoms in total. The van der Waals surface area contributed by atoms with Gasteiger partial charge in [-0.1, -0.05) is 6.92 Å². The van der Waals surface area contributed by atoms with Crippen LogP contribution in [-0.4, -0.2) is 26.1 Å². The summed E-state index contributed by atoms with van der Waals surface area (Å²) in [4.78, 5) is 12.2. The molecule has 4 heteroatoms. The van der Waals surface area contributed by atoms with Crippen LogP contribution in [0.4, 0.5) is 0 Å². The number of hydrogen-bond donors (Lipinski definition) is 0. The third-order valence-electron chi connectivity index (χ3n) is 1.68. The van der Waals surface area contributed by atoms with Crippen LogP contribution in [0.2, 0.25) is 0 Å². The second kappa shape index (κ2) is 5.78. The van der Waals surface area contributed by atoms with Crippen molar-refractivity contribution in [3.05, 3.63) is 16.3 Å². The molecule has 1 aromatic rings. The fourth-order valence-electron chi connectivity index (χ4n) is 1.04. The van der Waals surface area contributed by atoms with E-state index in [-0.39, 0.29) is 12.4 Å². The molecule has 0 atom stereocenters. The lowest BCUT2D eigenvalue weighted by molar-refractivity contribution is 0.0763. The van der Waals surface area contributed by atoms with Gasteiger partial charge in [-0.05, 0) is 17.9 Å². The number of ether oxygens (including phenoxy) is 2. The summed E-state index contributed by atoms with van der Waals surface area (Å²) >= 11 is 1.39. The van der Waals surface area contributed by atoms with Crippen molar-refractivity contribution in [3.8, 4) is 5.75 Å². The summed E-state index contributed by atoms with van der Waals surface area (Å²) < 4.78 is 10.2. The third-order valence-corrected chi connectivity index (χ3v) is 2.62. The Bertz CT molecular complexity index is 293. The summed E-state index contributed by atoms with van der Waals surface area (Å²) in [5.41, 5.74) is 0. The van der Waals surface area contributed by atoms with Crippen LogP contribution >= 0.6 is 11.3 Å². The van der Waals surface area contributed by atoms with Crippen LogP contribution in [0.25, 0.3) is 0 Å². The predicted octanol–water partition coefficient (Wildman–Crippen LogP) is 2.37. The highest BCUT2D eigenvalue weighted by Gasteiger charge is 2.13. The van der Waals surface area contributed by atoms with Crippen molar-refractivity contribution in [1.29, 1.82) is 0 Å². The Morgan fingerprint density at radius 1 is 1.57 bits per heavy atom. The van der Waals surface area contributed by atoms with E-state index in [1.54, 1.807) is 13.2 Å². The SMILES string of the molecule is CCCOCC(=O)c1sccc1OC. The maximum Gasteiger partial charge on any atom is 0.202 e. The molecule has 1 heterocycles. The van der Waals surface area contributed by atoms with E-state index in [9.17, 15) is 4.79 Å². The second-order valence-electron chi connectivity index (χ2n) is 2.79. The zero-order valence-electron chi connectivity index (χ0n) is 8.41. The van der Waals surface area contributed by atoms with E-state index in [1.807, 2.05) is 12.3 Å². The molecular formula is C10H14O3S. The molecule has 0 saturated heterocycles. The molecule has 0 spiro atoms. The highest BCUT2D eigenvalue weighted by atomic mass is 32.1. The first-order chi connectivity index (χ1) is 6.79. The molecule has 0 radical (unpaired) electrons. The summed E-state index contributed by atoms with van der Waals surface area (Å²) in [6.07, 6.45) is 0.925. The van der Waals surface area contributed by atoms with Crippen molar-refractivity contribution in [2.24, 2.45) is 0 Å². The molecule has 0 saturated carbocycles. The molecule has 0 amide bonds. The maximum atomic E-state index is 11.6. The molecule has 0 aliphatic carbocycles. The quantitative estimate of drug-likeness (QED) is 0.538. The summed E-state index contributed by atoms with van der Waals surface area (Å²) in [6.45, 7) is 2.78. The van der Waals surface area contributed by atoms with E-state index < -0.39 is 0 Å². The van der Waals surface area contributed by atoms with Gasteiger partial charge in [-0.15, -0.1) is 11.3 Å². The van der Waals surface area contributed by atoms with Crippen molar-refractivity contribution < 1.29 is 14.3 Å². The maximum absolute atomic E-state index is 11.6. The van der Waals surface area contributed by atoms with Gasteiger partial charge >= 0.3 is 0 Å². The first kappa shape index (κ1) is 11.2. The minimum Gasteiger partial charge on any atom is -0.495 e. The van der Waals surface area contributed by atoms with E-state index in [2.05, 4.69) is 0 Å². The van der Waals surface area contributed by atoms with Crippen LogP contribution in [-0.2, 0) is 4.74 Å². The van der Waals surface area contributed by atoms with Crippen LogP contribution < -0.4 is 4.74 Å². The van der Waals surface area contributed by atoms with Gasteiger partial charge in [0.25, 0.3) is 0 Å². The van der Waals surface area contributed by atoms with Crippen molar-refractivity contribution in [3.63, 3.8) is 0 Å². The fourth-order valence-corrected chi connectivity index (χ4v) is 1.82. The number of hydrogen-bond acceptors (Lipinski definition) is 4. The zero-order chi connectivity index (χ0) is 10.4. The molecule has 1 rings (SSSR count). The summed E-state index contributed by atoms with van der Waals surface area (Å²) in [5, 5.41) is 1.84. The first-order valence-corrected chi connectivity index (χ1v) is 5.40. The predicted molar refractivity (Wildman–Crippen MR) is 56.3 cm³/mol. The van der Waals surface area contributed by atoms with Gasteiger partial charge < -0.3 is 9.47 Å². The van der Waals surface area contributed by atoms with E-state index in [0.717, 1.165) is 6.42 Å². The molecule has 0 bridgehead atoms. The highest BCUT2D eigenvalue weighted by Crippen LogP contribution is 2.24. The van der Waals surface area contributed by atoms with Crippen LogP contribution in [0.1, 0.15) is 23.0 Å². The van der Waals surface area contributed by atoms with Crippen LogP contribution in [0.15, 0.2) is 11.4 Å². The minimum absolute atomic E-state index is 0.00898. The molecule has 14 heavy (non-hydrogen) atoms. The van der Waals surface area contributed by atoms with Gasteiger partial charge in [0.05, 0.1) is 7.11 Å². The molecule has 1 aromatic heterocycles. The average Bonchev–Trinajstić information content (AvgIpc) is 2.65. The van der Waals surface area contributed by atoms with Gasteiger partial charge in [0.15, 0.2) is 0 Å². The van der Waals surface area contributed by atoms with Gasteiger partial charge in [0, 0.05) is 6.61 Å². The Morgan fingerprint density at radius 3 is 3.00 bits per heavy atom. The number of rotatable bonds is 6. The lowest BCUT2D eigenvalue weighted by Crippen LogP contribution is -2.08. The summed E-state index contributed by atoms with van der Waals surface area (Å²) in [6, 6.07) is 1.79.